The van der Waals surface area contributed by atoms with E-state index in [1.807, 2.05) is 6.07 Å². The van der Waals surface area contributed by atoms with Crippen LogP contribution in [0.4, 0.5) is 4.79 Å². The van der Waals surface area contributed by atoms with Crippen molar-refractivity contribution in [2.75, 3.05) is 6.54 Å². The van der Waals surface area contributed by atoms with Crippen molar-refractivity contribution >= 4 is 41.0 Å². The molecule has 1 aliphatic heterocycles. The fourth-order valence-corrected chi connectivity index (χ4v) is 3.41. The Kier molecular flexibility index (Phi) is 6.59. The molecule has 1 fully saturated rings. The van der Waals surface area contributed by atoms with E-state index in [4.69, 9.17) is 27.6 Å². The van der Waals surface area contributed by atoms with Crippen LogP contribution >= 0.6 is 23.2 Å². The average Bonchev–Trinajstić information content (AvgIpc) is 3.26. The maximum absolute atomic E-state index is 12.4. The molecule has 1 aliphatic rings. The van der Waals surface area contributed by atoms with Crippen molar-refractivity contribution in [2.24, 2.45) is 0 Å². The number of urea groups is 1. The topological polar surface area (TPSA) is 91.7 Å². The van der Waals surface area contributed by atoms with Gasteiger partial charge in [0.15, 0.2) is 0 Å². The Hall–Kier alpha value is -2.51. The summed E-state index contributed by atoms with van der Waals surface area (Å²) in [5.74, 6) is -0.0403. The average molecular weight is 424 g/mol. The Morgan fingerprint density at radius 1 is 1.25 bits per heavy atom. The predicted octanol–water partition coefficient (Wildman–Crippen LogP) is 3.15. The van der Waals surface area contributed by atoms with Crippen LogP contribution in [-0.4, -0.2) is 35.3 Å². The molecule has 0 saturated carbocycles. The normalized spacial score (nSPS) is 16.4. The highest BCUT2D eigenvalue weighted by molar-refractivity contribution is 6.35. The first-order chi connectivity index (χ1) is 13.4. The Labute approximate surface area is 172 Å². The van der Waals surface area contributed by atoms with E-state index in [2.05, 4.69) is 10.6 Å². The third kappa shape index (κ3) is 5.05. The molecule has 28 heavy (non-hydrogen) atoms. The van der Waals surface area contributed by atoms with Crippen LogP contribution in [0.5, 0.6) is 0 Å². The Morgan fingerprint density at radius 2 is 2.07 bits per heavy atom. The van der Waals surface area contributed by atoms with Gasteiger partial charge in [0.05, 0.1) is 12.8 Å². The summed E-state index contributed by atoms with van der Waals surface area (Å²) in [6.07, 6.45) is 2.40. The molecule has 9 heteroatoms. The number of halogens is 2. The van der Waals surface area contributed by atoms with E-state index in [9.17, 15) is 14.4 Å². The van der Waals surface area contributed by atoms with Gasteiger partial charge < -0.3 is 15.1 Å². The second-order valence-electron chi connectivity index (χ2n) is 6.38. The Morgan fingerprint density at radius 3 is 2.79 bits per heavy atom. The fraction of sp³-hybridized carbons (Fsp3) is 0.316. The lowest BCUT2D eigenvalue weighted by molar-refractivity contribution is -0.128. The molecule has 0 aliphatic carbocycles. The van der Waals surface area contributed by atoms with Crippen molar-refractivity contribution < 1.29 is 18.8 Å². The number of carbonyl (C=O) groups excluding carboxylic acids is 3. The van der Waals surface area contributed by atoms with Gasteiger partial charge in [0.1, 0.15) is 11.8 Å². The van der Waals surface area contributed by atoms with Gasteiger partial charge in [-0.25, -0.2) is 4.79 Å². The van der Waals surface area contributed by atoms with Gasteiger partial charge in [0, 0.05) is 23.0 Å². The van der Waals surface area contributed by atoms with Gasteiger partial charge in [-0.3, -0.25) is 14.5 Å². The van der Waals surface area contributed by atoms with Gasteiger partial charge in [0.2, 0.25) is 5.91 Å². The van der Waals surface area contributed by atoms with Crippen LogP contribution in [0, 0.1) is 0 Å². The van der Waals surface area contributed by atoms with Crippen molar-refractivity contribution in [1.29, 1.82) is 0 Å². The lowest BCUT2D eigenvalue weighted by atomic mass is 10.1. The summed E-state index contributed by atoms with van der Waals surface area (Å²) in [5.41, 5.74) is 0.887. The zero-order valence-corrected chi connectivity index (χ0v) is 16.4. The van der Waals surface area contributed by atoms with Crippen LogP contribution < -0.4 is 10.6 Å². The molecular formula is C19H19Cl2N3O4. The molecule has 2 heterocycles. The minimum Gasteiger partial charge on any atom is -0.467 e. The fourth-order valence-electron chi connectivity index (χ4n) is 2.91. The quantitative estimate of drug-likeness (QED) is 0.637. The molecule has 1 atom stereocenters. The number of amides is 4. The lowest BCUT2D eigenvalue weighted by Crippen LogP contribution is -2.33. The number of carbonyl (C=O) groups is 3. The minimum atomic E-state index is -0.709. The summed E-state index contributed by atoms with van der Waals surface area (Å²) in [5, 5.41) is 6.50. The molecule has 4 amide bonds. The highest BCUT2D eigenvalue weighted by Gasteiger charge is 2.38. The summed E-state index contributed by atoms with van der Waals surface area (Å²) in [6, 6.07) is 7.40. The largest absolute Gasteiger partial charge is 0.467 e. The summed E-state index contributed by atoms with van der Waals surface area (Å²) >= 11 is 12.0. The van der Waals surface area contributed by atoms with Gasteiger partial charge in [-0.1, -0.05) is 29.3 Å². The Bertz CT molecular complexity index is 870. The van der Waals surface area contributed by atoms with Crippen LogP contribution in [0.1, 0.15) is 24.2 Å². The Balaban J connectivity index is 1.41. The first kappa shape index (κ1) is 20.2. The van der Waals surface area contributed by atoms with Gasteiger partial charge in [-0.05, 0) is 42.7 Å². The predicted molar refractivity (Wildman–Crippen MR) is 104 cm³/mol. The van der Waals surface area contributed by atoms with Crippen LogP contribution in [-0.2, 0) is 22.6 Å². The van der Waals surface area contributed by atoms with E-state index in [1.54, 1.807) is 24.3 Å². The number of furan rings is 1. The molecule has 1 saturated heterocycles. The SMILES string of the molecule is O=C(CCC1NC(=O)N(Cc2ccco2)C1=O)NCCc1ccc(Cl)cc1Cl. The summed E-state index contributed by atoms with van der Waals surface area (Å²) < 4.78 is 5.17. The maximum atomic E-state index is 12.4. The standard InChI is InChI=1S/C19H19Cl2N3O4/c20-13-4-3-12(15(21)10-13)7-8-22-17(25)6-5-16-18(26)24(19(27)23-16)11-14-2-1-9-28-14/h1-4,9-10,16H,5-8,11H2,(H,22,25)(H,23,27). The number of nitrogens with one attached hydrogen (secondary N) is 2. The van der Waals surface area contributed by atoms with E-state index < -0.39 is 12.1 Å². The second-order valence-corrected chi connectivity index (χ2v) is 7.22. The molecule has 2 N–H and O–H groups in total. The molecule has 0 bridgehead atoms. The molecule has 1 unspecified atom stereocenters. The van der Waals surface area contributed by atoms with E-state index >= 15 is 0 Å². The van der Waals surface area contributed by atoms with Gasteiger partial charge in [-0.2, -0.15) is 0 Å². The van der Waals surface area contributed by atoms with Crippen LogP contribution in [0.15, 0.2) is 41.0 Å². The van der Waals surface area contributed by atoms with Crippen LogP contribution in [0.3, 0.4) is 0 Å². The maximum Gasteiger partial charge on any atom is 0.325 e. The van der Waals surface area contributed by atoms with Crippen molar-refractivity contribution in [2.45, 2.75) is 31.8 Å². The molecule has 2 aromatic rings. The van der Waals surface area contributed by atoms with E-state index in [0.29, 0.717) is 28.8 Å². The molecule has 3 rings (SSSR count). The minimum absolute atomic E-state index is 0.0716. The number of hydrogen-bond donors (Lipinski definition) is 2. The monoisotopic (exact) mass is 423 g/mol. The first-order valence-electron chi connectivity index (χ1n) is 8.79. The van der Waals surface area contributed by atoms with Crippen LogP contribution in [0.2, 0.25) is 10.0 Å². The van der Waals surface area contributed by atoms with E-state index in [0.717, 1.165) is 10.5 Å². The third-order valence-corrected chi connectivity index (χ3v) is 4.98. The number of benzene rings is 1. The van der Waals surface area contributed by atoms with E-state index in [1.165, 1.54) is 6.26 Å². The van der Waals surface area contributed by atoms with Crippen molar-refractivity contribution in [3.63, 3.8) is 0 Å². The van der Waals surface area contributed by atoms with Gasteiger partial charge in [0.25, 0.3) is 5.91 Å². The zero-order valence-electron chi connectivity index (χ0n) is 14.9. The van der Waals surface area contributed by atoms with Crippen molar-refractivity contribution in [3.8, 4) is 0 Å². The summed E-state index contributed by atoms with van der Waals surface area (Å²) in [7, 11) is 0. The first-order valence-corrected chi connectivity index (χ1v) is 9.54. The smallest absolute Gasteiger partial charge is 0.325 e. The molecular weight excluding hydrogens is 405 g/mol. The molecule has 148 valence electrons. The number of rotatable bonds is 8. The molecule has 0 radical (unpaired) electrons. The summed E-state index contributed by atoms with van der Waals surface area (Å²) in [6.45, 7) is 0.484. The third-order valence-electron chi connectivity index (χ3n) is 4.39. The van der Waals surface area contributed by atoms with Gasteiger partial charge >= 0.3 is 6.03 Å². The number of imide groups is 1. The number of hydrogen-bond acceptors (Lipinski definition) is 4. The molecule has 7 nitrogen and oxygen atoms in total. The second kappa shape index (κ2) is 9.12. The van der Waals surface area contributed by atoms with Crippen LogP contribution in [0.25, 0.3) is 0 Å². The van der Waals surface area contributed by atoms with E-state index in [-0.39, 0.29) is 31.2 Å². The molecule has 0 spiro atoms. The molecule has 1 aromatic carbocycles. The highest BCUT2D eigenvalue weighted by atomic mass is 35.5. The highest BCUT2D eigenvalue weighted by Crippen LogP contribution is 2.21. The zero-order chi connectivity index (χ0) is 20.1. The lowest BCUT2D eigenvalue weighted by Gasteiger charge is -2.11. The molecule has 1 aromatic heterocycles. The van der Waals surface area contributed by atoms with Crippen molar-refractivity contribution in [3.05, 3.63) is 58.0 Å². The van der Waals surface area contributed by atoms with Crippen molar-refractivity contribution in [1.82, 2.24) is 15.5 Å². The summed E-state index contributed by atoms with van der Waals surface area (Å²) in [4.78, 5) is 37.5. The number of nitrogens with zero attached hydrogens (tertiary/aromatic N) is 1. The van der Waals surface area contributed by atoms with Gasteiger partial charge in [-0.15, -0.1) is 0 Å².